The van der Waals surface area contributed by atoms with E-state index in [1.807, 2.05) is 30.5 Å². The first-order chi connectivity index (χ1) is 8.80. The van der Waals surface area contributed by atoms with E-state index in [1.165, 1.54) is 0 Å². The van der Waals surface area contributed by atoms with Crippen LogP contribution >= 0.6 is 0 Å². The lowest BCUT2D eigenvalue weighted by atomic mass is 10.1. The monoisotopic (exact) mass is 245 g/mol. The maximum absolute atomic E-state index is 5.73. The van der Waals surface area contributed by atoms with E-state index in [2.05, 4.69) is 16.9 Å². The van der Waals surface area contributed by atoms with Crippen molar-refractivity contribution in [1.82, 2.24) is 9.97 Å². The predicted octanol–water partition coefficient (Wildman–Crippen LogP) is 2.54. The van der Waals surface area contributed by atoms with Gasteiger partial charge in [0.05, 0.1) is 19.0 Å². The van der Waals surface area contributed by atoms with Crippen LogP contribution < -0.4 is 10.5 Å². The number of aromatic nitrogens is 2. The second-order valence-electron chi connectivity index (χ2n) is 4.22. The number of H-pyrrole nitrogens is 1. The molecule has 4 nitrogen and oxygen atoms in total. The second kappa shape index (κ2) is 5.69. The van der Waals surface area contributed by atoms with Crippen LogP contribution in [0.3, 0.4) is 0 Å². The number of nitrogens with zero attached hydrogens (tertiary/aromatic N) is 1. The highest BCUT2D eigenvalue weighted by atomic mass is 16.5. The van der Waals surface area contributed by atoms with Gasteiger partial charge in [0.15, 0.2) is 0 Å². The predicted molar refractivity (Wildman–Crippen MR) is 72.7 cm³/mol. The molecule has 0 aliphatic rings. The third kappa shape index (κ3) is 2.38. The van der Waals surface area contributed by atoms with Crippen molar-refractivity contribution in [1.29, 1.82) is 0 Å². The molecule has 0 amide bonds. The van der Waals surface area contributed by atoms with E-state index in [9.17, 15) is 0 Å². The van der Waals surface area contributed by atoms with Crippen molar-refractivity contribution in [2.75, 3.05) is 13.7 Å². The highest BCUT2D eigenvalue weighted by Gasteiger charge is 2.13. The molecular formula is C14H19N3O. The second-order valence-corrected chi connectivity index (χ2v) is 4.22. The van der Waals surface area contributed by atoms with Gasteiger partial charge in [-0.15, -0.1) is 0 Å². The summed E-state index contributed by atoms with van der Waals surface area (Å²) in [7, 11) is 1.67. The Hall–Kier alpha value is -1.81. The van der Waals surface area contributed by atoms with Crippen LogP contribution in [0, 0.1) is 0 Å². The summed E-state index contributed by atoms with van der Waals surface area (Å²) in [6, 6.07) is 7.89. The Balaban J connectivity index is 2.34. The Morgan fingerprint density at radius 2 is 2.17 bits per heavy atom. The molecule has 18 heavy (non-hydrogen) atoms. The third-order valence-electron chi connectivity index (χ3n) is 3.16. The van der Waals surface area contributed by atoms with Gasteiger partial charge in [0.1, 0.15) is 11.6 Å². The number of ether oxygens (including phenoxy) is 1. The maximum atomic E-state index is 5.73. The molecule has 0 spiro atoms. The molecule has 0 saturated carbocycles. The molecule has 0 saturated heterocycles. The minimum atomic E-state index is 0.286. The number of nitrogens with one attached hydrogen (secondary N) is 1. The molecule has 4 heteroatoms. The molecule has 1 atom stereocenters. The molecule has 96 valence electrons. The molecule has 1 heterocycles. The Labute approximate surface area is 107 Å². The van der Waals surface area contributed by atoms with Gasteiger partial charge in [0.25, 0.3) is 0 Å². The summed E-state index contributed by atoms with van der Waals surface area (Å²) in [5, 5.41) is 0. The summed E-state index contributed by atoms with van der Waals surface area (Å²) in [5.74, 6) is 2.07. The van der Waals surface area contributed by atoms with Crippen LogP contribution in [0.1, 0.15) is 25.1 Å². The maximum Gasteiger partial charge on any atom is 0.128 e. The third-order valence-corrected chi connectivity index (χ3v) is 3.16. The fourth-order valence-electron chi connectivity index (χ4n) is 2.02. The van der Waals surface area contributed by atoms with Crippen molar-refractivity contribution < 1.29 is 4.74 Å². The molecule has 1 aromatic carbocycles. The first kappa shape index (κ1) is 12.6. The first-order valence-corrected chi connectivity index (χ1v) is 6.18. The van der Waals surface area contributed by atoms with E-state index in [4.69, 9.17) is 10.5 Å². The summed E-state index contributed by atoms with van der Waals surface area (Å²) in [4.78, 5) is 7.75. The van der Waals surface area contributed by atoms with Crippen molar-refractivity contribution in [3.05, 3.63) is 36.3 Å². The molecule has 0 fully saturated rings. The highest BCUT2D eigenvalue weighted by Crippen LogP contribution is 2.29. The number of imidazole rings is 1. The molecule has 1 unspecified atom stereocenters. The minimum absolute atomic E-state index is 0.286. The molecule has 2 rings (SSSR count). The number of hydrogen-bond donors (Lipinski definition) is 2. The normalized spacial score (nSPS) is 12.4. The molecule has 0 bridgehead atoms. The molecule has 3 N–H and O–H groups in total. The van der Waals surface area contributed by atoms with Gasteiger partial charge in [-0.2, -0.15) is 0 Å². The Bertz CT molecular complexity index is 503. The number of methoxy groups -OCH3 is 1. The molecular weight excluding hydrogens is 226 g/mol. The van der Waals surface area contributed by atoms with Crippen LogP contribution in [-0.2, 0) is 0 Å². The minimum Gasteiger partial charge on any atom is -0.496 e. The van der Waals surface area contributed by atoms with E-state index >= 15 is 0 Å². The van der Waals surface area contributed by atoms with E-state index in [1.54, 1.807) is 7.11 Å². The zero-order valence-electron chi connectivity index (χ0n) is 10.8. The first-order valence-electron chi connectivity index (χ1n) is 6.18. The van der Waals surface area contributed by atoms with E-state index in [0.717, 1.165) is 29.3 Å². The quantitative estimate of drug-likeness (QED) is 0.850. The van der Waals surface area contributed by atoms with Crippen LogP contribution in [-0.4, -0.2) is 23.6 Å². The molecule has 0 aliphatic heterocycles. The summed E-state index contributed by atoms with van der Waals surface area (Å²) in [5.41, 5.74) is 7.72. The number of aromatic amines is 1. The van der Waals surface area contributed by atoms with Gasteiger partial charge in [-0.05, 0) is 18.6 Å². The van der Waals surface area contributed by atoms with Crippen LogP contribution in [0.25, 0.3) is 11.3 Å². The van der Waals surface area contributed by atoms with Gasteiger partial charge in [0, 0.05) is 18.0 Å². The summed E-state index contributed by atoms with van der Waals surface area (Å²) < 4.78 is 5.35. The van der Waals surface area contributed by atoms with Gasteiger partial charge in [-0.3, -0.25) is 0 Å². The van der Waals surface area contributed by atoms with Crippen LogP contribution in [0.2, 0.25) is 0 Å². The zero-order chi connectivity index (χ0) is 13.0. The average Bonchev–Trinajstić information content (AvgIpc) is 2.89. The van der Waals surface area contributed by atoms with Crippen molar-refractivity contribution in [2.45, 2.75) is 19.3 Å². The van der Waals surface area contributed by atoms with E-state index in [0.29, 0.717) is 6.54 Å². The van der Waals surface area contributed by atoms with Crippen LogP contribution in [0.5, 0.6) is 5.75 Å². The van der Waals surface area contributed by atoms with E-state index in [-0.39, 0.29) is 5.92 Å². The fourth-order valence-corrected chi connectivity index (χ4v) is 2.02. The van der Waals surface area contributed by atoms with Crippen LogP contribution in [0.4, 0.5) is 0 Å². The average molecular weight is 245 g/mol. The fraction of sp³-hybridized carbons (Fsp3) is 0.357. The smallest absolute Gasteiger partial charge is 0.128 e. The molecule has 1 aromatic heterocycles. The Morgan fingerprint density at radius 1 is 1.39 bits per heavy atom. The number of rotatable bonds is 5. The topological polar surface area (TPSA) is 63.9 Å². The van der Waals surface area contributed by atoms with Gasteiger partial charge < -0.3 is 15.5 Å². The Morgan fingerprint density at radius 3 is 2.83 bits per heavy atom. The van der Waals surface area contributed by atoms with Gasteiger partial charge in [-0.25, -0.2) is 4.98 Å². The van der Waals surface area contributed by atoms with Gasteiger partial charge in [-0.1, -0.05) is 19.1 Å². The Kier molecular flexibility index (Phi) is 3.99. The van der Waals surface area contributed by atoms with Crippen molar-refractivity contribution in [3.63, 3.8) is 0 Å². The van der Waals surface area contributed by atoms with Crippen LogP contribution in [0.15, 0.2) is 30.5 Å². The van der Waals surface area contributed by atoms with Gasteiger partial charge >= 0.3 is 0 Å². The molecule has 0 radical (unpaired) electrons. The molecule has 0 aliphatic carbocycles. The standard InChI is InChI=1S/C14H19N3O/c1-3-10(8-15)14-16-9-12(17-14)11-6-4-5-7-13(11)18-2/h4-7,9-10H,3,8,15H2,1-2H3,(H,16,17). The van der Waals surface area contributed by atoms with Crippen molar-refractivity contribution >= 4 is 0 Å². The number of para-hydroxylation sites is 1. The van der Waals surface area contributed by atoms with Crippen molar-refractivity contribution in [2.24, 2.45) is 5.73 Å². The largest absolute Gasteiger partial charge is 0.496 e. The number of benzene rings is 1. The lowest BCUT2D eigenvalue weighted by Crippen LogP contribution is -2.12. The zero-order valence-corrected chi connectivity index (χ0v) is 10.8. The number of nitrogens with two attached hydrogens (primary N) is 1. The summed E-state index contributed by atoms with van der Waals surface area (Å²) >= 11 is 0. The SMILES string of the molecule is CCC(CN)c1ncc(-c2ccccc2OC)[nH]1. The van der Waals surface area contributed by atoms with E-state index < -0.39 is 0 Å². The lowest BCUT2D eigenvalue weighted by molar-refractivity contribution is 0.416. The molecule has 2 aromatic rings. The summed E-state index contributed by atoms with van der Waals surface area (Å²) in [6.45, 7) is 2.72. The summed E-state index contributed by atoms with van der Waals surface area (Å²) in [6.07, 6.45) is 2.82. The highest BCUT2D eigenvalue weighted by molar-refractivity contribution is 5.66. The van der Waals surface area contributed by atoms with Crippen molar-refractivity contribution in [3.8, 4) is 17.0 Å². The lowest BCUT2D eigenvalue weighted by Gasteiger charge is -2.08. The number of hydrogen-bond acceptors (Lipinski definition) is 3. The van der Waals surface area contributed by atoms with Gasteiger partial charge in [0.2, 0.25) is 0 Å².